The Morgan fingerprint density at radius 3 is 2.66 bits per heavy atom. The number of fused-ring (bicyclic) bond motifs is 4. The molecule has 3 fully saturated rings. The molecule has 3 atom stereocenters. The first kappa shape index (κ1) is 24.2. The van der Waals surface area contributed by atoms with E-state index in [0.717, 1.165) is 19.2 Å². The van der Waals surface area contributed by atoms with Crippen molar-refractivity contribution in [3.8, 4) is 0 Å². The Morgan fingerprint density at radius 2 is 1.97 bits per heavy atom. The van der Waals surface area contributed by atoms with Crippen molar-refractivity contribution in [2.24, 2.45) is 5.73 Å². The highest BCUT2D eigenvalue weighted by molar-refractivity contribution is 7.89. The zero-order chi connectivity index (χ0) is 19.4. The molecule has 3 aliphatic rings. The van der Waals surface area contributed by atoms with E-state index in [2.05, 4.69) is 16.8 Å². The van der Waals surface area contributed by atoms with Crippen LogP contribution in [0.4, 0.5) is 4.39 Å². The molecule has 10 heteroatoms. The number of hydrogen-bond acceptors (Lipinski definition) is 5. The van der Waals surface area contributed by atoms with Crippen LogP contribution in [0.5, 0.6) is 0 Å². The van der Waals surface area contributed by atoms with Crippen LogP contribution in [0.25, 0.3) is 10.8 Å². The third kappa shape index (κ3) is 3.34. The molecule has 0 aliphatic carbocycles. The number of hydrogen-bond donors (Lipinski definition) is 1. The van der Waals surface area contributed by atoms with Crippen molar-refractivity contribution in [1.82, 2.24) is 14.2 Å². The summed E-state index contributed by atoms with van der Waals surface area (Å²) in [6.45, 7) is 5.71. The molecule has 0 spiro atoms. The molecule has 5 rings (SSSR count). The lowest BCUT2D eigenvalue weighted by Crippen LogP contribution is -2.85. The average molecular weight is 465 g/mol. The summed E-state index contributed by atoms with van der Waals surface area (Å²) in [7, 11) is -3.93. The van der Waals surface area contributed by atoms with Gasteiger partial charge in [-0.2, -0.15) is 4.31 Å². The lowest BCUT2D eigenvalue weighted by Gasteiger charge is -2.64. The molecule has 2 bridgehead atoms. The summed E-state index contributed by atoms with van der Waals surface area (Å²) in [5.41, 5.74) is 5.32. The van der Waals surface area contributed by atoms with E-state index < -0.39 is 27.0 Å². The van der Waals surface area contributed by atoms with Gasteiger partial charge in [0, 0.05) is 36.6 Å². The molecule has 2 N–H and O–H groups in total. The van der Waals surface area contributed by atoms with Gasteiger partial charge in [-0.3, -0.25) is 9.88 Å². The molecule has 6 nitrogen and oxygen atoms in total. The topological polar surface area (TPSA) is 79.5 Å². The highest BCUT2D eigenvalue weighted by Crippen LogP contribution is 2.48. The van der Waals surface area contributed by atoms with Gasteiger partial charge < -0.3 is 5.73 Å². The third-order valence-electron chi connectivity index (χ3n) is 6.23. The first-order valence-electron chi connectivity index (χ1n) is 9.35. The Hall–Kier alpha value is -1.03. The fraction of sp³-hybridized carbons (Fsp3) is 0.526. The van der Waals surface area contributed by atoms with Crippen LogP contribution in [0.1, 0.15) is 33.1 Å². The maximum atomic E-state index is 14.5. The molecular formula is C19H27Cl2FN4O2S. The number of halogens is 3. The van der Waals surface area contributed by atoms with Gasteiger partial charge in [0.1, 0.15) is 0 Å². The number of nitrogens with zero attached hydrogens (tertiary/aromatic N) is 3. The van der Waals surface area contributed by atoms with Crippen LogP contribution in [0.3, 0.4) is 0 Å². The van der Waals surface area contributed by atoms with E-state index in [1.54, 1.807) is 12.1 Å². The van der Waals surface area contributed by atoms with E-state index >= 15 is 0 Å². The molecule has 3 saturated heterocycles. The standard InChI is InChI=1S/C19H25FN4O2S.2ClH/c1-3-8-19(21)18(2)13-23(19)9-5-10-24(18)27(25,26)16-7-4-6-14-11-22-12-15(20)17(14)16;;/h4,6-7,11-12H,3,5,8-10,13,21H2,1-2H3;2*1H/t18-,19?;;/m0../s1. The molecular weight excluding hydrogens is 438 g/mol. The van der Waals surface area contributed by atoms with Crippen LogP contribution in [0, 0.1) is 5.82 Å². The maximum Gasteiger partial charge on any atom is 0.244 e. The number of rotatable bonds is 4. The minimum atomic E-state index is -3.93. The summed E-state index contributed by atoms with van der Waals surface area (Å²) >= 11 is 0. The normalized spacial score (nSPS) is 29.3. The van der Waals surface area contributed by atoms with E-state index in [4.69, 9.17) is 5.73 Å². The van der Waals surface area contributed by atoms with Gasteiger partial charge in [-0.05, 0) is 25.8 Å². The van der Waals surface area contributed by atoms with Crippen LogP contribution in [-0.4, -0.2) is 53.4 Å². The molecule has 29 heavy (non-hydrogen) atoms. The van der Waals surface area contributed by atoms with Crippen LogP contribution in [-0.2, 0) is 10.0 Å². The second kappa shape index (κ2) is 8.24. The molecule has 2 unspecified atom stereocenters. The van der Waals surface area contributed by atoms with E-state index in [1.165, 1.54) is 16.6 Å². The van der Waals surface area contributed by atoms with Gasteiger partial charge in [-0.15, -0.1) is 24.8 Å². The van der Waals surface area contributed by atoms with Crippen molar-refractivity contribution in [2.75, 3.05) is 19.6 Å². The predicted molar refractivity (Wildman–Crippen MR) is 117 cm³/mol. The number of benzene rings is 1. The lowest BCUT2D eigenvalue weighted by molar-refractivity contribution is -0.129. The van der Waals surface area contributed by atoms with Gasteiger partial charge in [0.15, 0.2) is 5.82 Å². The monoisotopic (exact) mass is 464 g/mol. The molecule has 2 aromatic rings. The summed E-state index contributed by atoms with van der Waals surface area (Å²) in [5.74, 6) is -0.630. The smallest absolute Gasteiger partial charge is 0.244 e. The van der Waals surface area contributed by atoms with Crippen LogP contribution < -0.4 is 5.73 Å². The fourth-order valence-electron chi connectivity index (χ4n) is 4.81. The molecule has 3 aliphatic heterocycles. The first-order valence-corrected chi connectivity index (χ1v) is 10.8. The minimum absolute atomic E-state index is 0. The minimum Gasteiger partial charge on any atom is -0.312 e. The Bertz CT molecular complexity index is 1000. The van der Waals surface area contributed by atoms with E-state index in [-0.39, 0.29) is 35.1 Å². The van der Waals surface area contributed by atoms with Gasteiger partial charge in [0.05, 0.1) is 22.3 Å². The molecule has 4 heterocycles. The summed E-state index contributed by atoms with van der Waals surface area (Å²) in [6.07, 6.45) is 4.82. The maximum absolute atomic E-state index is 14.5. The van der Waals surface area contributed by atoms with E-state index in [1.807, 2.05) is 6.92 Å². The molecule has 1 aromatic heterocycles. The second-order valence-electron chi connectivity index (χ2n) is 7.78. The van der Waals surface area contributed by atoms with Crippen molar-refractivity contribution < 1.29 is 12.8 Å². The molecule has 162 valence electrons. The Labute approximate surface area is 183 Å². The van der Waals surface area contributed by atoms with E-state index in [9.17, 15) is 12.8 Å². The zero-order valence-corrected chi connectivity index (χ0v) is 18.9. The summed E-state index contributed by atoms with van der Waals surface area (Å²) in [6, 6.07) is 4.78. The fourth-order valence-corrected chi connectivity index (χ4v) is 6.89. The third-order valence-corrected chi connectivity index (χ3v) is 8.30. The lowest BCUT2D eigenvalue weighted by atomic mass is 9.73. The highest BCUT2D eigenvalue weighted by atomic mass is 35.5. The largest absolute Gasteiger partial charge is 0.312 e. The van der Waals surface area contributed by atoms with E-state index in [0.29, 0.717) is 31.3 Å². The van der Waals surface area contributed by atoms with Gasteiger partial charge in [0.25, 0.3) is 0 Å². The quantitative estimate of drug-likeness (QED) is 0.751. The Morgan fingerprint density at radius 1 is 1.24 bits per heavy atom. The van der Waals surface area contributed by atoms with Crippen molar-refractivity contribution >= 4 is 45.6 Å². The summed E-state index contributed by atoms with van der Waals surface area (Å²) in [5, 5.41) is 0.563. The van der Waals surface area contributed by atoms with Crippen LogP contribution in [0.15, 0.2) is 35.5 Å². The molecule has 0 radical (unpaired) electrons. The van der Waals surface area contributed by atoms with Gasteiger partial charge in [-0.1, -0.05) is 25.5 Å². The van der Waals surface area contributed by atoms with Gasteiger partial charge in [-0.25, -0.2) is 12.8 Å². The van der Waals surface area contributed by atoms with Gasteiger partial charge >= 0.3 is 0 Å². The number of nitrogens with two attached hydrogens (primary N) is 1. The molecule has 0 saturated carbocycles. The first-order chi connectivity index (χ1) is 12.8. The van der Waals surface area contributed by atoms with Crippen molar-refractivity contribution in [2.45, 2.75) is 49.2 Å². The summed E-state index contributed by atoms with van der Waals surface area (Å²) in [4.78, 5) is 6.00. The molecule has 0 amide bonds. The Kier molecular flexibility index (Phi) is 6.89. The van der Waals surface area contributed by atoms with Crippen molar-refractivity contribution in [3.63, 3.8) is 0 Å². The second-order valence-corrected chi connectivity index (χ2v) is 9.61. The van der Waals surface area contributed by atoms with Crippen LogP contribution >= 0.6 is 24.8 Å². The average Bonchev–Trinajstić information content (AvgIpc) is 2.89. The number of pyridine rings is 1. The number of aromatic nitrogens is 1. The highest BCUT2D eigenvalue weighted by Gasteiger charge is 2.65. The van der Waals surface area contributed by atoms with Gasteiger partial charge in [0.2, 0.25) is 10.0 Å². The number of sulfonamides is 1. The van der Waals surface area contributed by atoms with Crippen molar-refractivity contribution in [1.29, 1.82) is 0 Å². The zero-order valence-electron chi connectivity index (χ0n) is 16.5. The van der Waals surface area contributed by atoms with Crippen molar-refractivity contribution in [3.05, 3.63) is 36.4 Å². The molecule has 1 aromatic carbocycles. The predicted octanol–water partition coefficient (Wildman–Crippen LogP) is 3.14. The Balaban J connectivity index is 0.00000150. The SMILES string of the molecule is CCCC1(N)N2CCCN(S(=O)(=O)c3cccc4cncc(F)c34)[C@@]1(C)C2.Cl.Cl. The van der Waals surface area contributed by atoms with Crippen LogP contribution in [0.2, 0.25) is 0 Å². The summed E-state index contributed by atoms with van der Waals surface area (Å²) < 4.78 is 43.4.